The summed E-state index contributed by atoms with van der Waals surface area (Å²) in [5.74, 6) is 0.132. The molecule has 0 saturated heterocycles. The highest BCUT2D eigenvalue weighted by molar-refractivity contribution is 9.10. The Kier molecular flexibility index (Phi) is 6.87. The van der Waals surface area contributed by atoms with Gasteiger partial charge in [0.15, 0.2) is 0 Å². The second-order valence-electron chi connectivity index (χ2n) is 4.62. The summed E-state index contributed by atoms with van der Waals surface area (Å²) >= 11 is 4.61. The maximum Gasteiger partial charge on any atom is 0.321 e. The van der Waals surface area contributed by atoms with Crippen LogP contribution in [0.4, 0.5) is 10.5 Å². The molecule has 0 saturated carbocycles. The SMILES string of the molecule is CC(C)CNC(=O)NC(=O)CSc1ccc(Br)cc1N. The molecule has 0 bridgehead atoms. The predicted octanol–water partition coefficient (Wildman–Crippen LogP) is 2.61. The van der Waals surface area contributed by atoms with E-state index in [0.717, 1.165) is 9.37 Å². The van der Waals surface area contributed by atoms with Crippen LogP contribution < -0.4 is 16.4 Å². The van der Waals surface area contributed by atoms with Crippen molar-refractivity contribution in [2.45, 2.75) is 18.7 Å². The number of hydrogen-bond acceptors (Lipinski definition) is 4. The van der Waals surface area contributed by atoms with Crippen LogP contribution in [-0.2, 0) is 4.79 Å². The van der Waals surface area contributed by atoms with Crippen molar-refractivity contribution in [1.82, 2.24) is 10.6 Å². The number of benzene rings is 1. The molecule has 4 N–H and O–H groups in total. The van der Waals surface area contributed by atoms with Crippen molar-refractivity contribution in [3.63, 3.8) is 0 Å². The fourth-order valence-corrected chi connectivity index (χ4v) is 2.43. The molecule has 0 aliphatic heterocycles. The van der Waals surface area contributed by atoms with E-state index >= 15 is 0 Å². The Labute approximate surface area is 131 Å². The molecule has 0 atom stereocenters. The second kappa shape index (κ2) is 8.16. The van der Waals surface area contributed by atoms with Crippen LogP contribution in [0.3, 0.4) is 0 Å². The number of thioether (sulfide) groups is 1. The molecule has 0 aromatic heterocycles. The molecule has 0 radical (unpaired) electrons. The van der Waals surface area contributed by atoms with Gasteiger partial charge in [0.25, 0.3) is 0 Å². The van der Waals surface area contributed by atoms with Crippen LogP contribution >= 0.6 is 27.7 Å². The molecule has 0 heterocycles. The number of nitrogens with two attached hydrogens (primary N) is 1. The van der Waals surface area contributed by atoms with Gasteiger partial charge in [-0.3, -0.25) is 10.1 Å². The molecule has 110 valence electrons. The van der Waals surface area contributed by atoms with Crippen molar-refractivity contribution in [2.75, 3.05) is 18.0 Å². The van der Waals surface area contributed by atoms with E-state index in [0.29, 0.717) is 18.2 Å². The highest BCUT2D eigenvalue weighted by Crippen LogP contribution is 2.27. The van der Waals surface area contributed by atoms with Gasteiger partial charge in [-0.15, -0.1) is 11.8 Å². The number of amides is 3. The van der Waals surface area contributed by atoms with E-state index in [4.69, 9.17) is 5.73 Å². The van der Waals surface area contributed by atoms with E-state index in [2.05, 4.69) is 26.6 Å². The summed E-state index contributed by atoms with van der Waals surface area (Å²) in [6.45, 7) is 4.49. The Bertz CT molecular complexity index is 495. The van der Waals surface area contributed by atoms with E-state index in [1.54, 1.807) is 6.07 Å². The highest BCUT2D eigenvalue weighted by atomic mass is 79.9. The van der Waals surface area contributed by atoms with Crippen molar-refractivity contribution < 1.29 is 9.59 Å². The van der Waals surface area contributed by atoms with Crippen LogP contribution in [0.1, 0.15) is 13.8 Å². The van der Waals surface area contributed by atoms with Crippen molar-refractivity contribution >= 4 is 45.3 Å². The van der Waals surface area contributed by atoms with Gasteiger partial charge < -0.3 is 11.1 Å². The van der Waals surface area contributed by atoms with Crippen molar-refractivity contribution in [2.24, 2.45) is 5.92 Å². The van der Waals surface area contributed by atoms with Gasteiger partial charge in [-0.05, 0) is 24.1 Å². The zero-order valence-corrected chi connectivity index (χ0v) is 13.8. The number of nitrogens with one attached hydrogen (secondary N) is 2. The maximum atomic E-state index is 11.6. The number of hydrogen-bond donors (Lipinski definition) is 3. The molecule has 0 spiro atoms. The molecule has 5 nitrogen and oxygen atoms in total. The largest absolute Gasteiger partial charge is 0.398 e. The third kappa shape index (κ3) is 6.29. The third-order valence-electron chi connectivity index (χ3n) is 2.25. The van der Waals surface area contributed by atoms with Crippen LogP contribution in [0.25, 0.3) is 0 Å². The molecule has 3 amide bonds. The average Bonchev–Trinajstić information content (AvgIpc) is 2.35. The Morgan fingerprint density at radius 2 is 2.10 bits per heavy atom. The predicted molar refractivity (Wildman–Crippen MR) is 85.7 cm³/mol. The van der Waals surface area contributed by atoms with Crippen LogP contribution in [0, 0.1) is 5.92 Å². The zero-order chi connectivity index (χ0) is 15.1. The fourth-order valence-electron chi connectivity index (χ4n) is 1.30. The number of carbonyl (C=O) groups is 2. The normalized spacial score (nSPS) is 10.4. The minimum atomic E-state index is -0.465. The van der Waals surface area contributed by atoms with Gasteiger partial charge in [0.2, 0.25) is 5.91 Å². The van der Waals surface area contributed by atoms with Gasteiger partial charge in [-0.1, -0.05) is 29.8 Å². The Balaban J connectivity index is 2.38. The van der Waals surface area contributed by atoms with Gasteiger partial charge in [0.1, 0.15) is 0 Å². The van der Waals surface area contributed by atoms with Gasteiger partial charge in [0.05, 0.1) is 5.75 Å². The van der Waals surface area contributed by atoms with Crippen LogP contribution in [0.15, 0.2) is 27.6 Å². The Morgan fingerprint density at radius 1 is 1.40 bits per heavy atom. The number of halogens is 1. The Hall–Kier alpha value is -1.21. The molecule has 1 rings (SSSR count). The number of urea groups is 1. The molecule has 0 aliphatic carbocycles. The quantitative estimate of drug-likeness (QED) is 0.557. The molecule has 0 fully saturated rings. The molecule has 20 heavy (non-hydrogen) atoms. The highest BCUT2D eigenvalue weighted by Gasteiger charge is 2.09. The number of nitrogen functional groups attached to an aromatic ring is 1. The van der Waals surface area contributed by atoms with Crippen LogP contribution in [-0.4, -0.2) is 24.2 Å². The van der Waals surface area contributed by atoms with Gasteiger partial charge >= 0.3 is 6.03 Å². The lowest BCUT2D eigenvalue weighted by atomic mass is 10.2. The Morgan fingerprint density at radius 3 is 2.70 bits per heavy atom. The third-order valence-corrected chi connectivity index (χ3v) is 3.84. The summed E-state index contributed by atoms with van der Waals surface area (Å²) in [4.78, 5) is 23.8. The van der Waals surface area contributed by atoms with Gasteiger partial charge in [-0.25, -0.2) is 4.79 Å². The maximum absolute atomic E-state index is 11.6. The van der Waals surface area contributed by atoms with E-state index < -0.39 is 6.03 Å². The molecule has 7 heteroatoms. The second-order valence-corrected chi connectivity index (χ2v) is 6.56. The van der Waals surface area contributed by atoms with E-state index in [1.807, 2.05) is 26.0 Å². The summed E-state index contributed by atoms with van der Waals surface area (Å²) in [6.07, 6.45) is 0. The molecule has 0 unspecified atom stereocenters. The lowest BCUT2D eigenvalue weighted by Gasteiger charge is -2.09. The first-order chi connectivity index (χ1) is 9.38. The first-order valence-electron chi connectivity index (χ1n) is 6.14. The zero-order valence-electron chi connectivity index (χ0n) is 11.4. The van der Waals surface area contributed by atoms with E-state index in [9.17, 15) is 9.59 Å². The van der Waals surface area contributed by atoms with E-state index in [1.165, 1.54) is 11.8 Å². The van der Waals surface area contributed by atoms with Crippen LogP contribution in [0.2, 0.25) is 0 Å². The number of rotatable bonds is 5. The number of anilines is 1. The molecule has 1 aromatic rings. The van der Waals surface area contributed by atoms with Crippen molar-refractivity contribution in [3.8, 4) is 0 Å². The molecule has 1 aromatic carbocycles. The molecule has 0 aliphatic rings. The summed E-state index contributed by atoms with van der Waals surface area (Å²) in [7, 11) is 0. The summed E-state index contributed by atoms with van der Waals surface area (Å²) in [6, 6.07) is 4.99. The lowest BCUT2D eigenvalue weighted by molar-refractivity contribution is -0.117. The topological polar surface area (TPSA) is 84.2 Å². The van der Waals surface area contributed by atoms with Crippen LogP contribution in [0.5, 0.6) is 0 Å². The molecular formula is C13H18BrN3O2S. The van der Waals surface area contributed by atoms with Crippen molar-refractivity contribution in [1.29, 1.82) is 0 Å². The summed E-state index contributed by atoms with van der Waals surface area (Å²) < 4.78 is 0.886. The van der Waals surface area contributed by atoms with Gasteiger partial charge in [-0.2, -0.15) is 0 Å². The average molecular weight is 360 g/mol. The molecular weight excluding hydrogens is 342 g/mol. The van der Waals surface area contributed by atoms with Gasteiger partial charge in [0, 0.05) is 21.6 Å². The standard InChI is InChI=1S/C13H18BrN3O2S/c1-8(2)6-16-13(19)17-12(18)7-20-11-4-3-9(14)5-10(11)15/h3-5,8H,6-7,15H2,1-2H3,(H2,16,17,18,19). The van der Waals surface area contributed by atoms with Crippen molar-refractivity contribution in [3.05, 3.63) is 22.7 Å². The minimum Gasteiger partial charge on any atom is -0.398 e. The lowest BCUT2D eigenvalue weighted by Crippen LogP contribution is -2.41. The first-order valence-corrected chi connectivity index (χ1v) is 7.92. The monoisotopic (exact) mass is 359 g/mol. The fraction of sp³-hybridized carbons (Fsp3) is 0.385. The number of carbonyl (C=O) groups excluding carboxylic acids is 2. The number of imide groups is 1. The van der Waals surface area contributed by atoms with E-state index in [-0.39, 0.29) is 11.7 Å². The summed E-state index contributed by atoms with van der Waals surface area (Å²) in [5.41, 5.74) is 6.43. The minimum absolute atomic E-state index is 0.140. The first kappa shape index (κ1) is 16.8. The summed E-state index contributed by atoms with van der Waals surface area (Å²) in [5, 5.41) is 4.90. The smallest absolute Gasteiger partial charge is 0.321 e.